The first-order valence-corrected chi connectivity index (χ1v) is 11.2. The van der Waals surface area contributed by atoms with E-state index in [1.807, 2.05) is 40.0 Å². The first-order valence-electron chi connectivity index (χ1n) is 11.2. The van der Waals surface area contributed by atoms with E-state index in [0.717, 1.165) is 58.1 Å². The number of nitrogens with zero attached hydrogens (tertiary/aromatic N) is 5. The van der Waals surface area contributed by atoms with E-state index in [4.69, 9.17) is 4.98 Å². The zero-order chi connectivity index (χ0) is 22.4. The minimum absolute atomic E-state index is 0.0456. The van der Waals surface area contributed by atoms with Gasteiger partial charge in [-0.25, -0.2) is 14.1 Å². The molecule has 0 unspecified atom stereocenters. The molecule has 0 spiro atoms. The maximum atomic E-state index is 13.7. The monoisotopic (exact) mass is 439 g/mol. The lowest BCUT2D eigenvalue weighted by atomic mass is 9.85. The van der Waals surface area contributed by atoms with Crippen molar-refractivity contribution in [2.24, 2.45) is 0 Å². The Balaban J connectivity index is 1.42. The number of amides is 1. The molecule has 0 radical (unpaired) electrons. The number of aromatic nitrogens is 4. The fraction of sp³-hybridized carbons (Fsp3) is 0.231. The molecule has 2 aromatic carbocycles. The summed E-state index contributed by atoms with van der Waals surface area (Å²) in [7, 11) is 0. The van der Waals surface area contributed by atoms with Crippen LogP contribution in [0, 0.1) is 5.82 Å². The summed E-state index contributed by atoms with van der Waals surface area (Å²) in [4.78, 5) is 20.6. The molecule has 164 valence electrons. The second kappa shape index (κ2) is 7.92. The Kier molecular flexibility index (Phi) is 4.75. The molecule has 0 N–H and O–H groups in total. The van der Waals surface area contributed by atoms with Crippen molar-refractivity contribution in [1.29, 1.82) is 0 Å². The van der Waals surface area contributed by atoms with Crippen molar-refractivity contribution in [3.63, 3.8) is 0 Å². The van der Waals surface area contributed by atoms with Crippen LogP contribution in [-0.2, 0) is 6.42 Å². The van der Waals surface area contributed by atoms with Crippen LogP contribution < -0.4 is 0 Å². The molecule has 0 saturated carbocycles. The first-order chi connectivity index (χ1) is 16.2. The van der Waals surface area contributed by atoms with Crippen LogP contribution in [0.3, 0.4) is 0 Å². The lowest BCUT2D eigenvalue weighted by Gasteiger charge is -2.39. The Morgan fingerprint density at radius 1 is 1.06 bits per heavy atom. The quantitative estimate of drug-likeness (QED) is 0.470. The van der Waals surface area contributed by atoms with Crippen molar-refractivity contribution in [2.45, 2.75) is 25.3 Å². The van der Waals surface area contributed by atoms with Gasteiger partial charge in [-0.1, -0.05) is 35.5 Å². The van der Waals surface area contributed by atoms with E-state index >= 15 is 0 Å². The summed E-state index contributed by atoms with van der Waals surface area (Å²) in [6, 6.07) is 14.5. The number of carbonyl (C=O) groups is 1. The van der Waals surface area contributed by atoms with Gasteiger partial charge in [0, 0.05) is 24.7 Å². The molecule has 33 heavy (non-hydrogen) atoms. The molecule has 1 aliphatic carbocycles. The van der Waals surface area contributed by atoms with Crippen molar-refractivity contribution in [3.05, 3.63) is 89.1 Å². The lowest BCUT2D eigenvalue weighted by molar-refractivity contribution is 0.0499. The zero-order valence-electron chi connectivity index (χ0n) is 18.0. The van der Waals surface area contributed by atoms with Crippen LogP contribution in [0.15, 0.2) is 60.9 Å². The SMILES string of the molecule is O=C(c1c2c(nc3ccccc13)/C(=C\c1ccc(F)cc1)CCC2)N1CC(n2ccnn2)C1. The molecule has 6 nitrogen and oxygen atoms in total. The van der Waals surface area contributed by atoms with Crippen LogP contribution in [0.1, 0.15) is 46.1 Å². The number of rotatable bonds is 3. The molecule has 3 heterocycles. The smallest absolute Gasteiger partial charge is 0.255 e. The predicted molar refractivity (Wildman–Crippen MR) is 124 cm³/mol. The van der Waals surface area contributed by atoms with Gasteiger partial charge in [-0.2, -0.15) is 0 Å². The molecule has 1 aliphatic heterocycles. The summed E-state index contributed by atoms with van der Waals surface area (Å²) >= 11 is 0. The Hall–Kier alpha value is -3.87. The highest BCUT2D eigenvalue weighted by atomic mass is 19.1. The Morgan fingerprint density at radius 2 is 1.88 bits per heavy atom. The van der Waals surface area contributed by atoms with Gasteiger partial charge in [-0.15, -0.1) is 5.10 Å². The number of hydrogen-bond donors (Lipinski definition) is 0. The highest BCUT2D eigenvalue weighted by Gasteiger charge is 2.36. The average molecular weight is 439 g/mol. The Labute approximate surface area is 190 Å². The van der Waals surface area contributed by atoms with Crippen LogP contribution in [0.5, 0.6) is 0 Å². The van der Waals surface area contributed by atoms with Gasteiger partial charge in [-0.3, -0.25) is 4.79 Å². The van der Waals surface area contributed by atoms with E-state index < -0.39 is 0 Å². The minimum atomic E-state index is -0.253. The third kappa shape index (κ3) is 3.50. The van der Waals surface area contributed by atoms with Gasteiger partial charge >= 0.3 is 0 Å². The van der Waals surface area contributed by atoms with Crippen molar-refractivity contribution >= 4 is 28.5 Å². The first kappa shape index (κ1) is 19.8. The van der Waals surface area contributed by atoms with E-state index in [-0.39, 0.29) is 17.8 Å². The second-order valence-corrected chi connectivity index (χ2v) is 8.65. The number of pyridine rings is 1. The highest BCUT2D eigenvalue weighted by Crippen LogP contribution is 2.37. The van der Waals surface area contributed by atoms with Crippen molar-refractivity contribution in [2.75, 3.05) is 13.1 Å². The molecule has 4 aromatic rings. The maximum Gasteiger partial charge on any atom is 0.255 e. The third-order valence-electron chi connectivity index (χ3n) is 6.56. The van der Waals surface area contributed by atoms with Crippen molar-refractivity contribution in [3.8, 4) is 0 Å². The number of allylic oxidation sites excluding steroid dienone is 1. The van der Waals surface area contributed by atoms with Gasteiger partial charge in [-0.05, 0) is 60.2 Å². The molecular formula is C26H22FN5O. The number of benzene rings is 2. The van der Waals surface area contributed by atoms with Crippen LogP contribution in [0.4, 0.5) is 4.39 Å². The van der Waals surface area contributed by atoms with E-state index in [1.54, 1.807) is 18.3 Å². The summed E-state index contributed by atoms with van der Waals surface area (Å²) in [5.74, 6) is -0.207. The van der Waals surface area contributed by atoms with Gasteiger partial charge < -0.3 is 4.90 Å². The van der Waals surface area contributed by atoms with E-state index in [0.29, 0.717) is 13.1 Å². The van der Waals surface area contributed by atoms with Gasteiger partial charge in [0.1, 0.15) is 5.82 Å². The number of carbonyl (C=O) groups excluding carboxylic acids is 1. The van der Waals surface area contributed by atoms with Crippen molar-refractivity contribution < 1.29 is 9.18 Å². The number of hydrogen-bond acceptors (Lipinski definition) is 4. The summed E-state index contributed by atoms with van der Waals surface area (Å²) in [6.45, 7) is 1.23. The Bertz CT molecular complexity index is 1370. The van der Waals surface area contributed by atoms with Crippen LogP contribution in [-0.4, -0.2) is 43.9 Å². The number of fused-ring (bicyclic) bond motifs is 2. The van der Waals surface area contributed by atoms with Crippen molar-refractivity contribution in [1.82, 2.24) is 24.9 Å². The average Bonchev–Trinajstić information content (AvgIpc) is 3.32. The molecule has 1 saturated heterocycles. The molecule has 2 aliphatic rings. The third-order valence-corrected chi connectivity index (χ3v) is 6.56. The summed E-state index contributed by atoms with van der Waals surface area (Å²) in [6.07, 6.45) is 8.20. The largest absolute Gasteiger partial charge is 0.334 e. The van der Waals surface area contributed by atoms with Gasteiger partial charge in [0.2, 0.25) is 0 Å². The minimum Gasteiger partial charge on any atom is -0.334 e. The number of para-hydroxylation sites is 1. The van der Waals surface area contributed by atoms with Gasteiger partial charge in [0.25, 0.3) is 5.91 Å². The Morgan fingerprint density at radius 3 is 2.67 bits per heavy atom. The number of likely N-dealkylation sites (tertiary alicyclic amines) is 1. The molecule has 1 amide bonds. The highest BCUT2D eigenvalue weighted by molar-refractivity contribution is 6.09. The van der Waals surface area contributed by atoms with E-state index in [9.17, 15) is 9.18 Å². The van der Waals surface area contributed by atoms with E-state index in [2.05, 4.69) is 16.4 Å². The van der Waals surface area contributed by atoms with Crippen LogP contribution in [0.25, 0.3) is 22.6 Å². The number of halogens is 1. The molecule has 2 aromatic heterocycles. The molecule has 7 heteroatoms. The molecule has 6 rings (SSSR count). The second-order valence-electron chi connectivity index (χ2n) is 8.65. The standard InChI is InChI=1S/C26H22FN5O/c27-19-10-8-17(9-11-19)14-18-4-3-6-22-24(21-5-1-2-7-23(21)29-25(18)22)26(33)31-15-20(16-31)32-13-12-28-30-32/h1-2,5,7-14,20H,3-4,6,15-16H2/b18-14-. The molecule has 0 bridgehead atoms. The molecule has 0 atom stereocenters. The molecule has 1 fully saturated rings. The fourth-order valence-corrected chi connectivity index (χ4v) is 4.84. The molecular weight excluding hydrogens is 417 g/mol. The topological polar surface area (TPSA) is 63.9 Å². The van der Waals surface area contributed by atoms with E-state index in [1.165, 1.54) is 12.1 Å². The zero-order valence-corrected chi connectivity index (χ0v) is 18.0. The predicted octanol–water partition coefficient (Wildman–Crippen LogP) is 4.54. The normalized spacial score (nSPS) is 17.2. The summed E-state index contributed by atoms with van der Waals surface area (Å²) in [5, 5.41) is 8.84. The lowest BCUT2D eigenvalue weighted by Crippen LogP contribution is -2.51. The van der Waals surface area contributed by atoms with Crippen LogP contribution >= 0.6 is 0 Å². The fourth-order valence-electron chi connectivity index (χ4n) is 4.84. The summed E-state index contributed by atoms with van der Waals surface area (Å²) < 4.78 is 15.2. The summed E-state index contributed by atoms with van der Waals surface area (Å²) in [5.41, 5.74) is 5.51. The van der Waals surface area contributed by atoms with Gasteiger partial charge in [0.15, 0.2) is 0 Å². The van der Waals surface area contributed by atoms with Gasteiger partial charge in [0.05, 0.1) is 29.0 Å². The van der Waals surface area contributed by atoms with Crippen LogP contribution in [0.2, 0.25) is 0 Å². The maximum absolute atomic E-state index is 13.7.